The van der Waals surface area contributed by atoms with Crippen molar-refractivity contribution in [1.82, 2.24) is 15.0 Å². The van der Waals surface area contributed by atoms with Crippen LogP contribution in [0.1, 0.15) is 44.4 Å². The number of amides is 1. The maximum absolute atomic E-state index is 17.5. The molecule has 0 fully saturated rings. The summed E-state index contributed by atoms with van der Waals surface area (Å²) in [6.07, 6.45) is 2.24. The quantitative estimate of drug-likeness (QED) is 0.176. The van der Waals surface area contributed by atoms with Gasteiger partial charge in [0.05, 0.1) is 32.0 Å². The number of ether oxygens (including phenoxy) is 4. The third kappa shape index (κ3) is 7.05. The van der Waals surface area contributed by atoms with E-state index in [1.54, 1.807) is 53.5 Å². The number of benzene rings is 3. The van der Waals surface area contributed by atoms with Crippen molar-refractivity contribution in [2.75, 3.05) is 36.3 Å². The zero-order valence-corrected chi connectivity index (χ0v) is 29.3. The van der Waals surface area contributed by atoms with Gasteiger partial charge in [-0.25, -0.2) is 24.1 Å². The number of halogens is 1. The van der Waals surface area contributed by atoms with Crippen molar-refractivity contribution in [3.8, 4) is 28.5 Å². The van der Waals surface area contributed by atoms with E-state index < -0.39 is 17.5 Å². The predicted octanol–water partition coefficient (Wildman–Crippen LogP) is 7.47. The lowest BCUT2D eigenvalue weighted by Crippen LogP contribution is -2.45. The zero-order valence-electron chi connectivity index (χ0n) is 29.3. The lowest BCUT2D eigenvalue weighted by Gasteiger charge is -2.35. The molecule has 0 saturated heterocycles. The molecule has 2 N–H and O–H groups in total. The predicted molar refractivity (Wildman–Crippen MR) is 191 cm³/mol. The molecule has 260 valence electrons. The third-order valence-electron chi connectivity index (χ3n) is 8.40. The fraction of sp³-hybridized carbons (Fsp3) is 0.316. The highest BCUT2D eigenvalue weighted by atomic mass is 19.1. The Morgan fingerprint density at radius 2 is 1.58 bits per heavy atom. The van der Waals surface area contributed by atoms with Crippen molar-refractivity contribution in [3.05, 3.63) is 89.5 Å². The topological polar surface area (TPSA) is 125 Å². The van der Waals surface area contributed by atoms with Crippen LogP contribution < -0.4 is 29.7 Å². The Balaban J connectivity index is 1.54. The van der Waals surface area contributed by atoms with Crippen molar-refractivity contribution in [2.24, 2.45) is 0 Å². The molecule has 11 nitrogen and oxygen atoms in total. The van der Waals surface area contributed by atoms with E-state index in [-0.39, 0.29) is 35.7 Å². The molecule has 5 aromatic rings. The molecule has 0 bridgehead atoms. The minimum absolute atomic E-state index is 0.0524. The van der Waals surface area contributed by atoms with Gasteiger partial charge in [-0.1, -0.05) is 24.3 Å². The molecule has 2 aromatic heterocycles. The lowest BCUT2D eigenvalue weighted by molar-refractivity contribution is 0.0549. The van der Waals surface area contributed by atoms with Crippen molar-refractivity contribution >= 4 is 34.3 Å². The van der Waals surface area contributed by atoms with Gasteiger partial charge in [0.1, 0.15) is 28.9 Å². The van der Waals surface area contributed by atoms with Crippen LogP contribution in [0.5, 0.6) is 17.4 Å². The summed E-state index contributed by atoms with van der Waals surface area (Å²) in [5.74, 6) is 1.24. The van der Waals surface area contributed by atoms with Crippen LogP contribution in [-0.4, -0.2) is 53.5 Å². The number of hydrogen-bond acceptors (Lipinski definition) is 10. The summed E-state index contributed by atoms with van der Waals surface area (Å²) in [6.45, 7) is 10.0. The second-order valence-corrected chi connectivity index (χ2v) is 13.3. The monoisotopic (exact) mass is 680 g/mol. The van der Waals surface area contributed by atoms with Gasteiger partial charge in [0.2, 0.25) is 11.8 Å². The first-order valence-electron chi connectivity index (χ1n) is 16.3. The SMILES string of the molecule is COc1ccc(CN(Cc2ccc(OC)cc2)c2c(F)c(-c3cnc4c(c3C)N(C(=O)OC(C)(C)C)CC(C)O4)cc3nc(N)ncc23)cc1. The van der Waals surface area contributed by atoms with Crippen LogP contribution in [0.15, 0.2) is 67.0 Å². The first kappa shape index (κ1) is 34.2. The molecular weight excluding hydrogens is 639 g/mol. The average molecular weight is 681 g/mol. The van der Waals surface area contributed by atoms with Crippen molar-refractivity contribution in [3.63, 3.8) is 0 Å². The summed E-state index contributed by atoms with van der Waals surface area (Å²) >= 11 is 0. The van der Waals surface area contributed by atoms with Gasteiger partial charge in [0.15, 0.2) is 5.82 Å². The van der Waals surface area contributed by atoms with Crippen LogP contribution in [0.4, 0.5) is 26.5 Å². The fourth-order valence-corrected chi connectivity index (χ4v) is 6.07. The minimum atomic E-state index is -0.728. The number of methoxy groups -OCH3 is 2. The fourth-order valence-electron chi connectivity index (χ4n) is 6.07. The van der Waals surface area contributed by atoms with E-state index in [2.05, 4.69) is 15.0 Å². The van der Waals surface area contributed by atoms with Crippen molar-refractivity contribution in [1.29, 1.82) is 0 Å². The van der Waals surface area contributed by atoms with E-state index in [0.29, 0.717) is 52.3 Å². The number of anilines is 3. The van der Waals surface area contributed by atoms with Crippen LogP contribution in [0.25, 0.3) is 22.0 Å². The molecule has 12 heteroatoms. The number of nitrogen functional groups attached to an aromatic ring is 1. The number of rotatable bonds is 8. The van der Waals surface area contributed by atoms with E-state index in [9.17, 15) is 4.79 Å². The lowest BCUT2D eigenvalue weighted by atomic mass is 9.97. The summed E-state index contributed by atoms with van der Waals surface area (Å²) in [4.78, 5) is 30.3. The molecule has 0 radical (unpaired) electrons. The minimum Gasteiger partial charge on any atom is -0.497 e. The van der Waals surface area contributed by atoms with Gasteiger partial charge in [-0.15, -0.1) is 0 Å². The Hall–Kier alpha value is -5.65. The molecule has 6 rings (SSSR count). The van der Waals surface area contributed by atoms with Crippen LogP contribution in [0, 0.1) is 12.7 Å². The first-order chi connectivity index (χ1) is 23.8. The molecule has 3 aromatic carbocycles. The molecule has 1 amide bonds. The van der Waals surface area contributed by atoms with E-state index in [1.807, 2.05) is 67.3 Å². The molecule has 0 saturated carbocycles. The molecule has 1 atom stereocenters. The summed E-state index contributed by atoms with van der Waals surface area (Å²) in [5, 5.41) is 0.485. The Morgan fingerprint density at radius 3 is 2.14 bits per heavy atom. The van der Waals surface area contributed by atoms with Gasteiger partial charge in [-0.2, -0.15) is 0 Å². The number of nitrogens with two attached hydrogens (primary N) is 1. The summed E-state index contributed by atoms with van der Waals surface area (Å²) < 4.78 is 40.0. The molecule has 1 unspecified atom stereocenters. The summed E-state index contributed by atoms with van der Waals surface area (Å²) in [5.41, 5.74) is 9.65. The highest BCUT2D eigenvalue weighted by Crippen LogP contribution is 2.44. The highest BCUT2D eigenvalue weighted by Gasteiger charge is 2.35. The number of carbonyl (C=O) groups is 1. The molecule has 50 heavy (non-hydrogen) atoms. The number of nitrogens with zero attached hydrogens (tertiary/aromatic N) is 5. The Kier molecular flexibility index (Phi) is 9.37. The molecule has 1 aliphatic rings. The molecular formula is C38H41FN6O5. The van der Waals surface area contributed by atoms with Gasteiger partial charge >= 0.3 is 6.09 Å². The van der Waals surface area contributed by atoms with E-state index in [4.69, 9.17) is 24.7 Å². The van der Waals surface area contributed by atoms with Crippen molar-refractivity contribution in [2.45, 2.75) is 59.4 Å². The summed E-state index contributed by atoms with van der Waals surface area (Å²) in [6, 6.07) is 16.9. The second kappa shape index (κ2) is 13.7. The molecule has 0 spiro atoms. The maximum atomic E-state index is 17.5. The first-order valence-corrected chi connectivity index (χ1v) is 16.3. The van der Waals surface area contributed by atoms with Crippen LogP contribution in [0.3, 0.4) is 0 Å². The average Bonchev–Trinajstić information content (AvgIpc) is 3.07. The number of carbonyl (C=O) groups excluding carboxylic acids is 1. The molecule has 0 aliphatic carbocycles. The largest absolute Gasteiger partial charge is 0.497 e. The molecule has 3 heterocycles. The maximum Gasteiger partial charge on any atom is 0.415 e. The molecule has 1 aliphatic heterocycles. The van der Waals surface area contributed by atoms with Gasteiger partial charge < -0.3 is 29.6 Å². The Bertz CT molecular complexity index is 1980. The second-order valence-electron chi connectivity index (χ2n) is 13.3. The van der Waals surface area contributed by atoms with Gasteiger partial charge in [-0.05, 0) is 81.6 Å². The Morgan fingerprint density at radius 1 is 0.980 bits per heavy atom. The smallest absolute Gasteiger partial charge is 0.415 e. The highest BCUT2D eigenvalue weighted by molar-refractivity contribution is 5.98. The van der Waals surface area contributed by atoms with Gasteiger partial charge in [0, 0.05) is 42.0 Å². The van der Waals surface area contributed by atoms with Crippen LogP contribution >= 0.6 is 0 Å². The number of pyridine rings is 1. The summed E-state index contributed by atoms with van der Waals surface area (Å²) in [7, 11) is 3.22. The van der Waals surface area contributed by atoms with E-state index in [1.165, 1.54) is 4.90 Å². The van der Waals surface area contributed by atoms with Crippen LogP contribution in [0.2, 0.25) is 0 Å². The zero-order chi connectivity index (χ0) is 35.7. The van der Waals surface area contributed by atoms with E-state index >= 15 is 4.39 Å². The number of fused-ring (bicyclic) bond motifs is 2. The van der Waals surface area contributed by atoms with Crippen LogP contribution in [-0.2, 0) is 17.8 Å². The van der Waals surface area contributed by atoms with Gasteiger partial charge in [-0.3, -0.25) is 4.90 Å². The van der Waals surface area contributed by atoms with Crippen molar-refractivity contribution < 1.29 is 28.1 Å². The number of hydrogen-bond donors (Lipinski definition) is 1. The normalized spacial score (nSPS) is 14.2. The standard InChI is InChI=1S/C38H41FN6O5/c1-22-19-45(37(46)50-38(3,4)5)33-23(2)29(17-41-35(33)49-22)28-16-31-30(18-42-36(40)43-31)34(32(28)39)44(20-24-8-12-26(47-6)13-9-24)21-25-10-14-27(48-7)15-11-25/h8-18,22H,19-21H2,1-7H3,(H2,40,42,43). The van der Waals surface area contributed by atoms with E-state index in [0.717, 1.165) is 11.1 Å². The number of aromatic nitrogens is 3. The third-order valence-corrected chi connectivity index (χ3v) is 8.40. The van der Waals surface area contributed by atoms with Gasteiger partial charge in [0.25, 0.3) is 0 Å². The Labute approximate surface area is 290 Å².